The van der Waals surface area contributed by atoms with Gasteiger partial charge in [-0.15, -0.1) is 0 Å². The van der Waals surface area contributed by atoms with E-state index in [0.29, 0.717) is 5.69 Å². The standard InChI is InChI=1S/C23H23ClN2O3S/c1-15-9-12-21(16(2)13-15)26-30(28,29)22-14-19(10-11-20(22)24)23(27)25-17(3)18-7-5-4-6-8-18/h4-14,17,26H,1-3H3,(H,25,27)/t17-/m0/s1. The lowest BCUT2D eigenvalue weighted by Crippen LogP contribution is -2.27. The predicted molar refractivity (Wildman–Crippen MR) is 120 cm³/mol. The summed E-state index contributed by atoms with van der Waals surface area (Å²) < 4.78 is 28.5. The summed E-state index contributed by atoms with van der Waals surface area (Å²) in [5.74, 6) is -0.383. The van der Waals surface area contributed by atoms with Crippen molar-refractivity contribution in [2.24, 2.45) is 0 Å². The van der Waals surface area contributed by atoms with Gasteiger partial charge in [-0.25, -0.2) is 8.42 Å². The molecule has 3 rings (SSSR count). The van der Waals surface area contributed by atoms with Gasteiger partial charge in [-0.3, -0.25) is 9.52 Å². The maximum atomic E-state index is 13.0. The lowest BCUT2D eigenvalue weighted by molar-refractivity contribution is 0.0939. The van der Waals surface area contributed by atoms with Crippen LogP contribution in [0.4, 0.5) is 5.69 Å². The summed E-state index contributed by atoms with van der Waals surface area (Å²) in [5.41, 5.74) is 3.44. The lowest BCUT2D eigenvalue weighted by atomic mass is 10.1. The molecular formula is C23H23ClN2O3S. The number of carbonyl (C=O) groups is 1. The molecule has 0 radical (unpaired) electrons. The van der Waals surface area contributed by atoms with Gasteiger partial charge in [-0.1, -0.05) is 59.6 Å². The van der Waals surface area contributed by atoms with E-state index in [1.165, 1.54) is 18.2 Å². The fourth-order valence-corrected chi connectivity index (χ4v) is 4.74. The van der Waals surface area contributed by atoms with E-state index in [9.17, 15) is 13.2 Å². The van der Waals surface area contributed by atoms with Gasteiger partial charge in [-0.2, -0.15) is 0 Å². The minimum atomic E-state index is -3.98. The SMILES string of the molecule is Cc1ccc(NS(=O)(=O)c2cc(C(=O)N[C@@H](C)c3ccccc3)ccc2Cl)c(C)c1. The molecule has 5 nitrogen and oxygen atoms in total. The second kappa shape index (κ2) is 8.90. The molecule has 3 aromatic carbocycles. The van der Waals surface area contributed by atoms with E-state index in [1.54, 1.807) is 6.07 Å². The molecule has 0 spiro atoms. The first-order valence-electron chi connectivity index (χ1n) is 9.43. The Bertz CT molecular complexity index is 1180. The van der Waals surface area contributed by atoms with Crippen LogP contribution in [0.5, 0.6) is 0 Å². The number of hydrogen-bond acceptors (Lipinski definition) is 3. The third-order valence-electron chi connectivity index (χ3n) is 4.76. The Balaban J connectivity index is 1.86. The van der Waals surface area contributed by atoms with Crippen molar-refractivity contribution in [1.82, 2.24) is 5.32 Å². The largest absolute Gasteiger partial charge is 0.346 e. The molecule has 0 unspecified atom stereocenters. The van der Waals surface area contributed by atoms with Crippen molar-refractivity contribution in [3.8, 4) is 0 Å². The molecule has 1 atom stereocenters. The normalized spacial score (nSPS) is 12.3. The molecule has 30 heavy (non-hydrogen) atoms. The highest BCUT2D eigenvalue weighted by atomic mass is 35.5. The number of halogens is 1. The highest BCUT2D eigenvalue weighted by molar-refractivity contribution is 7.92. The molecular weight excluding hydrogens is 420 g/mol. The molecule has 1 amide bonds. The number of sulfonamides is 1. The number of amides is 1. The Morgan fingerprint density at radius 1 is 0.967 bits per heavy atom. The highest BCUT2D eigenvalue weighted by Crippen LogP contribution is 2.27. The summed E-state index contributed by atoms with van der Waals surface area (Å²) in [6.45, 7) is 5.62. The van der Waals surface area contributed by atoms with Gasteiger partial charge >= 0.3 is 0 Å². The summed E-state index contributed by atoms with van der Waals surface area (Å²) in [5, 5.41) is 2.92. The fourth-order valence-electron chi connectivity index (χ4n) is 3.08. The van der Waals surface area contributed by atoms with Crippen LogP contribution in [-0.4, -0.2) is 14.3 Å². The first kappa shape index (κ1) is 21.9. The van der Waals surface area contributed by atoms with Crippen molar-refractivity contribution in [2.45, 2.75) is 31.7 Å². The van der Waals surface area contributed by atoms with Crippen LogP contribution in [-0.2, 0) is 10.0 Å². The zero-order chi connectivity index (χ0) is 21.9. The van der Waals surface area contributed by atoms with Crippen LogP contribution in [0.1, 0.15) is 40.0 Å². The average molecular weight is 443 g/mol. The van der Waals surface area contributed by atoms with Crippen LogP contribution in [0.25, 0.3) is 0 Å². The molecule has 7 heteroatoms. The molecule has 0 aliphatic heterocycles. The van der Waals surface area contributed by atoms with Crippen molar-refractivity contribution in [3.05, 3.63) is 94.0 Å². The van der Waals surface area contributed by atoms with E-state index in [0.717, 1.165) is 16.7 Å². The molecule has 0 bridgehead atoms. The zero-order valence-corrected chi connectivity index (χ0v) is 18.5. The number of carbonyl (C=O) groups excluding carboxylic acids is 1. The van der Waals surface area contributed by atoms with E-state index in [1.807, 2.05) is 63.2 Å². The van der Waals surface area contributed by atoms with Gasteiger partial charge in [0.15, 0.2) is 0 Å². The summed E-state index contributed by atoms with van der Waals surface area (Å²) in [4.78, 5) is 12.6. The monoisotopic (exact) mass is 442 g/mol. The third-order valence-corrected chi connectivity index (χ3v) is 6.60. The predicted octanol–water partition coefficient (Wildman–Crippen LogP) is 5.25. The Kier molecular flexibility index (Phi) is 6.48. The minimum Gasteiger partial charge on any atom is -0.346 e. The van der Waals surface area contributed by atoms with Crippen LogP contribution in [0.15, 0.2) is 71.6 Å². The van der Waals surface area contributed by atoms with Gasteiger partial charge in [0.25, 0.3) is 15.9 Å². The summed E-state index contributed by atoms with van der Waals surface area (Å²) in [6, 6.07) is 18.9. The van der Waals surface area contributed by atoms with Gasteiger partial charge in [0.2, 0.25) is 0 Å². The molecule has 0 saturated heterocycles. The van der Waals surface area contributed by atoms with Gasteiger partial charge < -0.3 is 5.32 Å². The number of aryl methyl sites for hydroxylation is 2. The van der Waals surface area contributed by atoms with E-state index in [-0.39, 0.29) is 27.4 Å². The molecule has 0 fully saturated rings. The molecule has 0 saturated carbocycles. The second-order valence-corrected chi connectivity index (χ2v) is 9.23. The fraction of sp³-hybridized carbons (Fsp3) is 0.174. The highest BCUT2D eigenvalue weighted by Gasteiger charge is 2.22. The first-order chi connectivity index (χ1) is 14.2. The van der Waals surface area contributed by atoms with Crippen molar-refractivity contribution < 1.29 is 13.2 Å². The molecule has 0 heterocycles. The maximum absolute atomic E-state index is 13.0. The van der Waals surface area contributed by atoms with Crippen LogP contribution in [0.2, 0.25) is 5.02 Å². The third kappa shape index (κ3) is 5.01. The second-order valence-electron chi connectivity index (χ2n) is 7.17. The summed E-state index contributed by atoms with van der Waals surface area (Å²) >= 11 is 6.17. The van der Waals surface area contributed by atoms with E-state index >= 15 is 0 Å². The first-order valence-corrected chi connectivity index (χ1v) is 11.3. The molecule has 0 aromatic heterocycles. The van der Waals surface area contributed by atoms with E-state index in [2.05, 4.69) is 10.0 Å². The number of rotatable bonds is 6. The zero-order valence-electron chi connectivity index (χ0n) is 16.9. The number of benzene rings is 3. The summed E-state index contributed by atoms with van der Waals surface area (Å²) in [6.07, 6.45) is 0. The average Bonchev–Trinajstić information content (AvgIpc) is 2.71. The van der Waals surface area contributed by atoms with Crippen molar-refractivity contribution in [1.29, 1.82) is 0 Å². The van der Waals surface area contributed by atoms with Gasteiger partial charge in [0.1, 0.15) is 4.90 Å². The van der Waals surface area contributed by atoms with Crippen LogP contribution >= 0.6 is 11.6 Å². The Morgan fingerprint density at radius 3 is 2.33 bits per heavy atom. The van der Waals surface area contributed by atoms with Gasteiger partial charge in [0.05, 0.1) is 16.8 Å². The van der Waals surface area contributed by atoms with Crippen molar-refractivity contribution in [3.63, 3.8) is 0 Å². The number of hydrogen-bond donors (Lipinski definition) is 2. The Labute approximate surface area is 182 Å². The summed E-state index contributed by atoms with van der Waals surface area (Å²) in [7, 11) is -3.98. The Morgan fingerprint density at radius 2 is 1.67 bits per heavy atom. The smallest absolute Gasteiger partial charge is 0.263 e. The molecule has 2 N–H and O–H groups in total. The number of nitrogens with one attached hydrogen (secondary N) is 2. The molecule has 3 aromatic rings. The molecule has 156 valence electrons. The van der Waals surface area contributed by atoms with E-state index in [4.69, 9.17) is 11.6 Å². The van der Waals surface area contributed by atoms with Gasteiger partial charge in [-0.05, 0) is 56.2 Å². The maximum Gasteiger partial charge on any atom is 0.263 e. The number of anilines is 1. The Hall–Kier alpha value is -2.83. The molecule has 0 aliphatic rings. The van der Waals surface area contributed by atoms with E-state index < -0.39 is 10.0 Å². The quantitative estimate of drug-likeness (QED) is 0.547. The van der Waals surface area contributed by atoms with Crippen LogP contribution in [0.3, 0.4) is 0 Å². The van der Waals surface area contributed by atoms with Crippen molar-refractivity contribution in [2.75, 3.05) is 4.72 Å². The van der Waals surface area contributed by atoms with Crippen LogP contribution in [0, 0.1) is 13.8 Å². The van der Waals surface area contributed by atoms with Crippen molar-refractivity contribution >= 4 is 33.2 Å². The minimum absolute atomic E-state index is 0.0416. The lowest BCUT2D eigenvalue weighted by Gasteiger charge is -2.16. The topological polar surface area (TPSA) is 75.3 Å². The van der Waals surface area contributed by atoms with Gasteiger partial charge in [0, 0.05) is 5.56 Å². The van der Waals surface area contributed by atoms with Crippen LogP contribution < -0.4 is 10.0 Å². The molecule has 0 aliphatic carbocycles.